The number of aromatic nitrogens is 2. The van der Waals surface area contributed by atoms with Crippen molar-refractivity contribution in [1.82, 2.24) is 9.97 Å². The molecule has 2 aliphatic rings. The van der Waals surface area contributed by atoms with Gasteiger partial charge in [-0.2, -0.15) is 0 Å². The highest BCUT2D eigenvalue weighted by Crippen LogP contribution is 2.28. The van der Waals surface area contributed by atoms with Gasteiger partial charge in [0.25, 0.3) is 0 Å². The molecular weight excluding hydrogens is 378 g/mol. The fraction of sp³-hybridized carbons (Fsp3) is 0.522. The molecule has 1 amide bonds. The number of hydrogen-bond acceptors (Lipinski definition) is 6. The third-order valence-corrected chi connectivity index (χ3v) is 5.91. The summed E-state index contributed by atoms with van der Waals surface area (Å²) >= 11 is 0. The molecule has 2 N–H and O–H groups in total. The average Bonchev–Trinajstić information content (AvgIpc) is 3.58. The number of nitrogens with one attached hydrogen (secondary N) is 2. The van der Waals surface area contributed by atoms with Crippen LogP contribution in [0.3, 0.4) is 0 Å². The van der Waals surface area contributed by atoms with Gasteiger partial charge in [0.05, 0.1) is 7.11 Å². The maximum atomic E-state index is 12.5. The Balaban J connectivity index is 1.28. The van der Waals surface area contributed by atoms with Crippen LogP contribution in [-0.2, 0) is 4.79 Å². The summed E-state index contributed by atoms with van der Waals surface area (Å²) in [6.45, 7) is 3.92. The Morgan fingerprint density at radius 2 is 2.10 bits per heavy atom. The van der Waals surface area contributed by atoms with Gasteiger partial charge in [-0.25, -0.2) is 9.97 Å². The van der Waals surface area contributed by atoms with Crippen molar-refractivity contribution in [3.05, 3.63) is 36.2 Å². The van der Waals surface area contributed by atoms with Gasteiger partial charge in [0.1, 0.15) is 23.7 Å². The second kappa shape index (κ2) is 9.32. The molecule has 2 fully saturated rings. The summed E-state index contributed by atoms with van der Waals surface area (Å²) in [4.78, 5) is 23.6. The number of nitrogens with zero attached hydrogens (tertiary/aromatic N) is 3. The van der Waals surface area contributed by atoms with E-state index in [0.717, 1.165) is 61.0 Å². The van der Waals surface area contributed by atoms with Gasteiger partial charge in [0.2, 0.25) is 5.91 Å². The predicted octanol–water partition coefficient (Wildman–Crippen LogP) is 4.00. The van der Waals surface area contributed by atoms with E-state index in [9.17, 15) is 4.79 Å². The standard InChI is InChI=1S/C23H31N5O2/c1-16-12-19(30-2)8-9-20(16)27-23(29)10-5-17-4-3-11-28(14-17)22-13-21(24-15-25-22)26-18-6-7-18/h8-9,12-13,15,17-18H,3-7,10-11,14H2,1-2H3,(H,27,29)(H,24,25,26). The number of piperidine rings is 1. The zero-order valence-electron chi connectivity index (χ0n) is 17.9. The molecule has 160 valence electrons. The average molecular weight is 410 g/mol. The maximum absolute atomic E-state index is 12.5. The molecule has 1 aliphatic heterocycles. The zero-order valence-corrected chi connectivity index (χ0v) is 17.9. The summed E-state index contributed by atoms with van der Waals surface area (Å²) in [6, 6.07) is 8.34. The van der Waals surface area contributed by atoms with Crippen molar-refractivity contribution < 1.29 is 9.53 Å². The van der Waals surface area contributed by atoms with Crippen molar-refractivity contribution in [3.63, 3.8) is 0 Å². The summed E-state index contributed by atoms with van der Waals surface area (Å²) < 4.78 is 5.23. The van der Waals surface area contributed by atoms with Crippen LogP contribution in [0.15, 0.2) is 30.6 Å². The number of amides is 1. The van der Waals surface area contributed by atoms with Crippen LogP contribution in [0.5, 0.6) is 5.75 Å². The summed E-state index contributed by atoms with van der Waals surface area (Å²) in [5.41, 5.74) is 1.86. The zero-order chi connectivity index (χ0) is 20.9. The topological polar surface area (TPSA) is 79.4 Å². The highest BCUT2D eigenvalue weighted by Gasteiger charge is 2.24. The van der Waals surface area contributed by atoms with Gasteiger partial charge < -0.3 is 20.3 Å². The smallest absolute Gasteiger partial charge is 0.224 e. The van der Waals surface area contributed by atoms with Crippen molar-refractivity contribution in [2.75, 3.05) is 35.7 Å². The second-order valence-electron chi connectivity index (χ2n) is 8.40. The number of carbonyl (C=O) groups is 1. The Morgan fingerprint density at radius 1 is 1.23 bits per heavy atom. The van der Waals surface area contributed by atoms with Gasteiger partial charge in [-0.15, -0.1) is 0 Å². The van der Waals surface area contributed by atoms with Crippen molar-refractivity contribution in [2.24, 2.45) is 5.92 Å². The number of aryl methyl sites for hydroxylation is 1. The molecule has 2 heterocycles. The molecule has 1 aliphatic carbocycles. The van der Waals surface area contributed by atoms with Crippen LogP contribution in [0.2, 0.25) is 0 Å². The number of benzene rings is 1. The van der Waals surface area contributed by atoms with Crippen LogP contribution in [0, 0.1) is 12.8 Å². The Bertz CT molecular complexity index is 884. The number of rotatable bonds is 8. The summed E-state index contributed by atoms with van der Waals surface area (Å²) in [5.74, 6) is 3.26. The fourth-order valence-corrected chi connectivity index (χ4v) is 4.00. The summed E-state index contributed by atoms with van der Waals surface area (Å²) in [6.07, 6.45) is 7.79. The minimum atomic E-state index is 0.0679. The van der Waals surface area contributed by atoms with E-state index in [4.69, 9.17) is 4.74 Å². The Hall–Kier alpha value is -2.83. The summed E-state index contributed by atoms with van der Waals surface area (Å²) in [5, 5.41) is 6.48. The third-order valence-electron chi connectivity index (χ3n) is 5.91. The molecule has 0 radical (unpaired) electrons. The Labute approximate surface area is 178 Å². The van der Waals surface area contributed by atoms with Gasteiger partial charge in [-0.3, -0.25) is 4.79 Å². The first-order valence-corrected chi connectivity index (χ1v) is 10.9. The van der Waals surface area contributed by atoms with E-state index >= 15 is 0 Å². The maximum Gasteiger partial charge on any atom is 0.224 e. The molecular formula is C23H31N5O2. The number of hydrogen-bond donors (Lipinski definition) is 2. The molecule has 7 heteroatoms. The first kappa shape index (κ1) is 20.4. The molecule has 1 aromatic carbocycles. The molecule has 30 heavy (non-hydrogen) atoms. The fourth-order valence-electron chi connectivity index (χ4n) is 4.00. The van der Waals surface area contributed by atoms with Crippen molar-refractivity contribution in [2.45, 2.75) is 51.5 Å². The minimum Gasteiger partial charge on any atom is -0.497 e. The number of ether oxygens (including phenoxy) is 1. The molecule has 2 aromatic rings. The van der Waals surface area contributed by atoms with E-state index in [1.54, 1.807) is 13.4 Å². The van der Waals surface area contributed by atoms with E-state index in [0.29, 0.717) is 18.4 Å². The lowest BCUT2D eigenvalue weighted by Crippen LogP contribution is -2.36. The second-order valence-corrected chi connectivity index (χ2v) is 8.40. The van der Waals surface area contributed by atoms with Crippen LogP contribution in [0.4, 0.5) is 17.3 Å². The number of carbonyl (C=O) groups excluding carboxylic acids is 1. The molecule has 1 saturated heterocycles. The van der Waals surface area contributed by atoms with Gasteiger partial charge in [0.15, 0.2) is 0 Å². The molecule has 0 spiro atoms. The van der Waals surface area contributed by atoms with Crippen LogP contribution in [0.1, 0.15) is 44.1 Å². The normalized spacial score (nSPS) is 18.7. The van der Waals surface area contributed by atoms with E-state index in [-0.39, 0.29) is 5.91 Å². The van der Waals surface area contributed by atoms with Crippen LogP contribution < -0.4 is 20.3 Å². The van der Waals surface area contributed by atoms with Crippen molar-refractivity contribution >= 4 is 23.2 Å². The van der Waals surface area contributed by atoms with Crippen LogP contribution >= 0.6 is 0 Å². The molecule has 7 nitrogen and oxygen atoms in total. The molecule has 1 saturated carbocycles. The molecule has 0 bridgehead atoms. The van der Waals surface area contributed by atoms with Crippen LogP contribution in [0.25, 0.3) is 0 Å². The van der Waals surface area contributed by atoms with E-state index in [1.165, 1.54) is 12.8 Å². The SMILES string of the molecule is COc1ccc(NC(=O)CCC2CCCN(c3cc(NC4CC4)ncn3)C2)c(C)c1. The highest BCUT2D eigenvalue weighted by molar-refractivity contribution is 5.91. The van der Waals surface area contributed by atoms with Gasteiger partial charge in [0, 0.05) is 37.3 Å². The lowest BCUT2D eigenvalue weighted by Gasteiger charge is -2.33. The first-order valence-electron chi connectivity index (χ1n) is 10.9. The molecule has 1 aromatic heterocycles. The van der Waals surface area contributed by atoms with E-state index in [1.807, 2.05) is 25.1 Å². The number of methoxy groups -OCH3 is 1. The minimum absolute atomic E-state index is 0.0679. The Kier molecular flexibility index (Phi) is 6.35. The summed E-state index contributed by atoms with van der Waals surface area (Å²) in [7, 11) is 1.65. The van der Waals surface area contributed by atoms with Gasteiger partial charge in [-0.05, 0) is 68.7 Å². The third kappa shape index (κ3) is 5.40. The number of anilines is 3. The van der Waals surface area contributed by atoms with Gasteiger partial charge in [-0.1, -0.05) is 0 Å². The Morgan fingerprint density at radius 3 is 2.87 bits per heavy atom. The van der Waals surface area contributed by atoms with Crippen molar-refractivity contribution in [1.29, 1.82) is 0 Å². The molecule has 1 unspecified atom stereocenters. The van der Waals surface area contributed by atoms with Gasteiger partial charge >= 0.3 is 0 Å². The monoisotopic (exact) mass is 409 g/mol. The predicted molar refractivity (Wildman–Crippen MR) is 119 cm³/mol. The van der Waals surface area contributed by atoms with Crippen LogP contribution in [-0.4, -0.2) is 42.1 Å². The van der Waals surface area contributed by atoms with Crippen molar-refractivity contribution in [3.8, 4) is 5.75 Å². The molecule has 4 rings (SSSR count). The molecule has 1 atom stereocenters. The first-order chi connectivity index (χ1) is 14.6. The van der Waals surface area contributed by atoms with E-state index < -0.39 is 0 Å². The highest BCUT2D eigenvalue weighted by atomic mass is 16.5. The lowest BCUT2D eigenvalue weighted by atomic mass is 9.93. The van der Waals surface area contributed by atoms with E-state index in [2.05, 4.69) is 31.6 Å². The lowest BCUT2D eigenvalue weighted by molar-refractivity contribution is -0.116. The quantitative estimate of drug-likeness (QED) is 0.686. The largest absolute Gasteiger partial charge is 0.497 e.